The summed E-state index contributed by atoms with van der Waals surface area (Å²) in [5.74, 6) is 1.94. The lowest BCUT2D eigenvalue weighted by molar-refractivity contribution is 0.370. The predicted molar refractivity (Wildman–Crippen MR) is 107 cm³/mol. The number of hydrogen-bond acceptors (Lipinski definition) is 3. The monoisotopic (exact) mass is 356 g/mol. The molecule has 1 saturated carbocycles. The second-order valence-corrected chi connectivity index (χ2v) is 6.97. The quantitative estimate of drug-likeness (QED) is 0.672. The predicted octanol–water partition coefficient (Wildman–Crippen LogP) is 6.18. The van der Waals surface area contributed by atoms with Crippen molar-refractivity contribution in [3.05, 3.63) is 53.6 Å². The molecule has 0 heterocycles. The maximum atomic E-state index is 9.69. The lowest BCUT2D eigenvalue weighted by Crippen LogP contribution is -2.04. The molecule has 26 heavy (non-hydrogen) atoms. The third kappa shape index (κ3) is 5.69. The average Bonchev–Trinajstić information content (AvgIpc) is 2.69. The fourth-order valence-corrected chi connectivity index (χ4v) is 3.55. The molecular weight excluding hydrogens is 324 g/mol. The number of phenolic OH excluding ortho intramolecular Hbond substituents is 2. The van der Waals surface area contributed by atoms with Crippen LogP contribution < -0.4 is 4.74 Å². The summed E-state index contributed by atoms with van der Waals surface area (Å²) in [5.41, 5.74) is 2.13. The van der Waals surface area contributed by atoms with Crippen LogP contribution in [0.25, 0.3) is 0 Å². The molecule has 142 valence electrons. The van der Waals surface area contributed by atoms with E-state index in [2.05, 4.69) is 13.0 Å². The van der Waals surface area contributed by atoms with Gasteiger partial charge >= 0.3 is 0 Å². The van der Waals surface area contributed by atoms with Crippen LogP contribution in [0.1, 0.15) is 68.9 Å². The van der Waals surface area contributed by atoms with Gasteiger partial charge in [-0.3, -0.25) is 0 Å². The van der Waals surface area contributed by atoms with Crippen LogP contribution in [0, 0.1) is 0 Å². The molecule has 3 rings (SSSR count). The third-order valence-electron chi connectivity index (χ3n) is 5.08. The molecule has 0 saturated heterocycles. The van der Waals surface area contributed by atoms with Crippen LogP contribution >= 0.6 is 0 Å². The second kappa shape index (κ2) is 10.7. The van der Waals surface area contributed by atoms with Gasteiger partial charge in [-0.25, -0.2) is 0 Å². The van der Waals surface area contributed by atoms with Crippen molar-refractivity contribution >= 4 is 0 Å². The highest BCUT2D eigenvalue weighted by Gasteiger charge is 2.17. The van der Waals surface area contributed by atoms with E-state index in [0.717, 1.165) is 30.4 Å². The molecule has 3 nitrogen and oxygen atoms in total. The first kappa shape index (κ1) is 20.2. The van der Waals surface area contributed by atoms with Gasteiger partial charge in [-0.2, -0.15) is 0 Å². The minimum atomic E-state index is 0.290. The van der Waals surface area contributed by atoms with E-state index in [4.69, 9.17) is 4.74 Å². The Kier molecular flexibility index (Phi) is 8.33. The zero-order valence-electron chi connectivity index (χ0n) is 16.1. The highest BCUT2D eigenvalue weighted by atomic mass is 16.5. The first-order valence-corrected chi connectivity index (χ1v) is 9.80. The highest BCUT2D eigenvalue weighted by Crippen LogP contribution is 2.36. The third-order valence-corrected chi connectivity index (χ3v) is 5.08. The molecule has 2 aromatic rings. The number of benzene rings is 2. The molecule has 1 aliphatic rings. The van der Waals surface area contributed by atoms with Crippen LogP contribution in [0.3, 0.4) is 0 Å². The second-order valence-electron chi connectivity index (χ2n) is 6.97. The maximum absolute atomic E-state index is 9.69. The van der Waals surface area contributed by atoms with Gasteiger partial charge in [0.15, 0.2) is 11.5 Å². The van der Waals surface area contributed by atoms with E-state index < -0.39 is 0 Å². The van der Waals surface area contributed by atoms with E-state index in [1.165, 1.54) is 32.1 Å². The summed E-state index contributed by atoms with van der Waals surface area (Å²) in [6, 6.07) is 13.4. The zero-order chi connectivity index (χ0) is 18.8. The lowest BCUT2D eigenvalue weighted by Gasteiger charge is -2.22. The molecule has 0 atom stereocenters. The van der Waals surface area contributed by atoms with E-state index in [9.17, 15) is 10.2 Å². The number of hydrogen-bond donors (Lipinski definition) is 2. The summed E-state index contributed by atoms with van der Waals surface area (Å²) in [6.07, 6.45) is 9.65. The van der Waals surface area contributed by atoms with E-state index in [1.807, 2.05) is 24.3 Å². The Bertz CT molecular complexity index is 660. The van der Waals surface area contributed by atoms with Gasteiger partial charge in [0.25, 0.3) is 0 Å². The summed E-state index contributed by atoms with van der Waals surface area (Å²) in [6.45, 7) is 2.14. The molecule has 1 fully saturated rings. The van der Waals surface area contributed by atoms with E-state index in [-0.39, 0.29) is 0 Å². The van der Waals surface area contributed by atoms with Crippen LogP contribution in [-0.4, -0.2) is 17.3 Å². The summed E-state index contributed by atoms with van der Waals surface area (Å²) < 4.78 is 5.02. The molecule has 2 N–H and O–H groups in total. The Morgan fingerprint density at radius 3 is 2.35 bits per heavy atom. The maximum Gasteiger partial charge on any atom is 0.160 e. The minimum Gasteiger partial charge on any atom is -0.508 e. The van der Waals surface area contributed by atoms with Gasteiger partial charge < -0.3 is 14.9 Å². The van der Waals surface area contributed by atoms with E-state index in [1.54, 1.807) is 19.2 Å². The number of ether oxygens (including phenoxy) is 1. The van der Waals surface area contributed by atoms with Crippen LogP contribution in [0.2, 0.25) is 0 Å². The van der Waals surface area contributed by atoms with E-state index in [0.29, 0.717) is 23.2 Å². The number of unbranched alkanes of at least 4 members (excludes halogenated alkanes) is 1. The van der Waals surface area contributed by atoms with Crippen molar-refractivity contribution in [1.29, 1.82) is 0 Å². The summed E-state index contributed by atoms with van der Waals surface area (Å²) in [7, 11) is 1.57. The van der Waals surface area contributed by atoms with Crippen LogP contribution in [-0.2, 0) is 6.42 Å². The van der Waals surface area contributed by atoms with Crippen LogP contribution in [0.15, 0.2) is 42.5 Å². The Morgan fingerprint density at radius 1 is 0.962 bits per heavy atom. The standard InChI is InChI=1S/C12H16O.C11H16O2/c13-12-9-5-4-8-11(12)10-6-2-1-3-7-10;1-3-4-6-9-7-5-8-10(13-2)11(9)12/h4-5,8-10,13H,1-3,6-7H2;5,7-8,12H,3-4,6H2,1-2H3. The van der Waals surface area contributed by atoms with Crippen molar-refractivity contribution in [3.63, 3.8) is 0 Å². The van der Waals surface area contributed by atoms with Crippen molar-refractivity contribution in [2.45, 2.75) is 64.2 Å². The molecule has 0 unspecified atom stereocenters. The first-order valence-electron chi connectivity index (χ1n) is 9.80. The highest BCUT2D eigenvalue weighted by molar-refractivity contribution is 5.45. The van der Waals surface area contributed by atoms with Crippen LogP contribution in [0.5, 0.6) is 17.2 Å². The average molecular weight is 357 g/mol. The summed E-state index contributed by atoms with van der Waals surface area (Å²) in [4.78, 5) is 0. The Balaban J connectivity index is 0.000000187. The number of aryl methyl sites for hydroxylation is 1. The molecule has 0 bridgehead atoms. The number of methoxy groups -OCH3 is 1. The van der Waals surface area contributed by atoms with Gasteiger partial charge in [0, 0.05) is 0 Å². The number of aromatic hydroxyl groups is 2. The Hall–Kier alpha value is -2.16. The summed E-state index contributed by atoms with van der Waals surface area (Å²) >= 11 is 0. The van der Waals surface area contributed by atoms with Gasteiger partial charge in [-0.1, -0.05) is 62.9 Å². The summed E-state index contributed by atoms with van der Waals surface area (Å²) in [5, 5.41) is 19.4. The van der Waals surface area contributed by atoms with Gasteiger partial charge in [0.05, 0.1) is 7.11 Å². The Morgan fingerprint density at radius 2 is 1.69 bits per heavy atom. The van der Waals surface area contributed by atoms with Crippen molar-refractivity contribution < 1.29 is 14.9 Å². The molecule has 0 amide bonds. The molecule has 2 aromatic carbocycles. The molecule has 3 heteroatoms. The van der Waals surface area contributed by atoms with Crippen LogP contribution in [0.4, 0.5) is 0 Å². The van der Waals surface area contributed by atoms with Crippen molar-refractivity contribution in [2.75, 3.05) is 7.11 Å². The number of rotatable bonds is 5. The largest absolute Gasteiger partial charge is 0.508 e. The Labute approximate surface area is 157 Å². The molecular formula is C23H32O3. The molecule has 0 aromatic heterocycles. The van der Waals surface area contributed by atoms with E-state index >= 15 is 0 Å². The zero-order valence-corrected chi connectivity index (χ0v) is 16.1. The van der Waals surface area contributed by atoms with Crippen molar-refractivity contribution in [3.8, 4) is 17.2 Å². The smallest absolute Gasteiger partial charge is 0.160 e. The SMILES string of the molecule is CCCCc1cccc(OC)c1O.Oc1ccccc1C1CCCCC1. The van der Waals surface area contributed by atoms with Gasteiger partial charge in [0.2, 0.25) is 0 Å². The topological polar surface area (TPSA) is 49.7 Å². The lowest BCUT2D eigenvalue weighted by atomic mass is 9.84. The van der Waals surface area contributed by atoms with Crippen molar-refractivity contribution in [2.24, 2.45) is 0 Å². The van der Waals surface area contributed by atoms with Gasteiger partial charge in [0.1, 0.15) is 5.75 Å². The molecule has 0 spiro atoms. The fourth-order valence-electron chi connectivity index (χ4n) is 3.55. The molecule has 1 aliphatic carbocycles. The normalized spacial score (nSPS) is 14.4. The van der Waals surface area contributed by atoms with Gasteiger partial charge in [-0.15, -0.1) is 0 Å². The fraction of sp³-hybridized carbons (Fsp3) is 0.478. The number of para-hydroxylation sites is 2. The molecule has 0 aliphatic heterocycles. The first-order chi connectivity index (χ1) is 12.7. The van der Waals surface area contributed by atoms with Crippen molar-refractivity contribution in [1.82, 2.24) is 0 Å². The van der Waals surface area contributed by atoms with Gasteiger partial charge in [-0.05, 0) is 54.9 Å². The molecule has 0 radical (unpaired) electrons. The number of phenols is 2. The minimum absolute atomic E-state index is 0.290.